The lowest BCUT2D eigenvalue weighted by Crippen LogP contribution is -2.29. The molecule has 2 aliphatic rings. The fourth-order valence-corrected chi connectivity index (χ4v) is 3.78. The molecule has 1 saturated carbocycles. The van der Waals surface area contributed by atoms with Crippen LogP contribution in [0.2, 0.25) is 0 Å². The maximum Gasteiger partial charge on any atom is 0.190 e. The van der Waals surface area contributed by atoms with Gasteiger partial charge < -0.3 is 0 Å². The number of allylic oxidation sites excluding steroid dienone is 2. The number of hydrogen-bond acceptors (Lipinski definition) is 2. The van der Waals surface area contributed by atoms with Crippen LogP contribution in [0, 0.1) is 11.8 Å². The highest BCUT2D eigenvalue weighted by atomic mass is 16.1. The first-order chi connectivity index (χ1) is 10.1. The number of benzene rings is 1. The summed E-state index contributed by atoms with van der Waals surface area (Å²) >= 11 is 0. The Morgan fingerprint density at radius 1 is 0.905 bits per heavy atom. The van der Waals surface area contributed by atoms with Crippen molar-refractivity contribution >= 4 is 11.6 Å². The van der Waals surface area contributed by atoms with Gasteiger partial charge in [-0.15, -0.1) is 0 Å². The fourth-order valence-electron chi connectivity index (χ4n) is 3.78. The topological polar surface area (TPSA) is 34.1 Å². The van der Waals surface area contributed by atoms with Gasteiger partial charge in [-0.3, -0.25) is 9.59 Å². The summed E-state index contributed by atoms with van der Waals surface area (Å²) in [5, 5.41) is 0. The molecule has 0 amide bonds. The van der Waals surface area contributed by atoms with Crippen LogP contribution in [0.1, 0.15) is 66.7 Å². The van der Waals surface area contributed by atoms with Crippen LogP contribution in [0.15, 0.2) is 35.4 Å². The lowest BCUT2D eigenvalue weighted by Gasteiger charge is -2.30. The van der Waals surface area contributed by atoms with Gasteiger partial charge in [-0.1, -0.05) is 57.4 Å². The van der Waals surface area contributed by atoms with E-state index < -0.39 is 0 Å². The Kier molecular flexibility index (Phi) is 3.79. The first kappa shape index (κ1) is 14.2. The molecule has 2 heteroatoms. The second-order valence-electron chi connectivity index (χ2n) is 6.52. The van der Waals surface area contributed by atoms with Gasteiger partial charge in [0.15, 0.2) is 11.6 Å². The van der Waals surface area contributed by atoms with Gasteiger partial charge in [-0.05, 0) is 24.7 Å². The van der Waals surface area contributed by atoms with E-state index in [1.807, 2.05) is 26.0 Å². The van der Waals surface area contributed by atoms with E-state index in [4.69, 9.17) is 0 Å². The summed E-state index contributed by atoms with van der Waals surface area (Å²) in [7, 11) is 0. The molecule has 0 atom stereocenters. The maximum absolute atomic E-state index is 13.0. The second-order valence-corrected chi connectivity index (χ2v) is 6.52. The Morgan fingerprint density at radius 2 is 1.48 bits per heavy atom. The van der Waals surface area contributed by atoms with Crippen LogP contribution in [-0.2, 0) is 0 Å². The molecule has 0 aromatic heterocycles. The van der Waals surface area contributed by atoms with Gasteiger partial charge in [0.05, 0.1) is 0 Å². The van der Waals surface area contributed by atoms with Crippen LogP contribution in [0.25, 0.3) is 0 Å². The van der Waals surface area contributed by atoms with Crippen molar-refractivity contribution in [2.24, 2.45) is 11.8 Å². The number of carbonyl (C=O) groups is 2. The highest BCUT2D eigenvalue weighted by Gasteiger charge is 2.36. The van der Waals surface area contributed by atoms with Crippen molar-refractivity contribution in [3.05, 3.63) is 46.5 Å². The Morgan fingerprint density at radius 3 is 2.05 bits per heavy atom. The summed E-state index contributed by atoms with van der Waals surface area (Å²) in [6, 6.07) is 7.28. The van der Waals surface area contributed by atoms with Crippen molar-refractivity contribution in [2.45, 2.75) is 46.0 Å². The SMILES string of the molecule is CC(C)C1=C(C2CCCCC2)C(=O)c2ccccc2C1=O. The third-order valence-electron chi connectivity index (χ3n) is 4.79. The number of fused-ring (bicyclic) bond motifs is 1. The predicted molar refractivity (Wildman–Crippen MR) is 83.5 cm³/mol. The number of Topliss-reactive ketones (excluding diaryl/α,β-unsaturated/α-hetero) is 2. The standard InChI is InChI=1S/C19H22O2/c1-12(2)16-17(13-8-4-3-5-9-13)19(21)15-11-7-6-10-14(15)18(16)20/h6-7,10-13H,3-5,8-9H2,1-2H3. The first-order valence-electron chi connectivity index (χ1n) is 8.03. The zero-order valence-corrected chi connectivity index (χ0v) is 12.8. The predicted octanol–water partition coefficient (Wildman–Crippen LogP) is 4.60. The van der Waals surface area contributed by atoms with E-state index >= 15 is 0 Å². The number of hydrogen-bond donors (Lipinski definition) is 0. The highest BCUT2D eigenvalue weighted by molar-refractivity contribution is 6.27. The quantitative estimate of drug-likeness (QED) is 0.794. The molecule has 0 heterocycles. The van der Waals surface area contributed by atoms with Crippen LogP contribution in [-0.4, -0.2) is 11.6 Å². The molecule has 0 aliphatic heterocycles. The molecule has 3 rings (SSSR count). The molecule has 110 valence electrons. The number of carbonyl (C=O) groups excluding carboxylic acids is 2. The Labute approximate surface area is 126 Å². The smallest absolute Gasteiger partial charge is 0.190 e. The Hall–Kier alpha value is -1.70. The van der Waals surface area contributed by atoms with Crippen LogP contribution in [0.5, 0.6) is 0 Å². The Bertz CT molecular complexity index is 616. The molecule has 2 nitrogen and oxygen atoms in total. The summed E-state index contributed by atoms with van der Waals surface area (Å²) < 4.78 is 0. The molecule has 0 radical (unpaired) electrons. The van der Waals surface area contributed by atoms with Crippen LogP contribution in [0.3, 0.4) is 0 Å². The molecule has 0 unspecified atom stereocenters. The van der Waals surface area contributed by atoms with Crippen molar-refractivity contribution in [3.63, 3.8) is 0 Å². The normalized spacial score (nSPS) is 20.1. The zero-order valence-electron chi connectivity index (χ0n) is 12.8. The molecule has 1 aromatic rings. The molecule has 1 fully saturated rings. The van der Waals surface area contributed by atoms with Crippen LogP contribution in [0.4, 0.5) is 0 Å². The molecule has 1 aromatic carbocycles. The molecule has 0 saturated heterocycles. The van der Waals surface area contributed by atoms with E-state index in [9.17, 15) is 9.59 Å². The van der Waals surface area contributed by atoms with E-state index in [1.54, 1.807) is 12.1 Å². The lowest BCUT2D eigenvalue weighted by molar-refractivity contribution is 0.0953. The van der Waals surface area contributed by atoms with Crippen molar-refractivity contribution in [2.75, 3.05) is 0 Å². The van der Waals surface area contributed by atoms with Crippen molar-refractivity contribution < 1.29 is 9.59 Å². The van der Waals surface area contributed by atoms with E-state index in [0.29, 0.717) is 11.1 Å². The molecule has 0 spiro atoms. The van der Waals surface area contributed by atoms with Gasteiger partial charge in [0, 0.05) is 22.3 Å². The third-order valence-corrected chi connectivity index (χ3v) is 4.79. The van der Waals surface area contributed by atoms with Crippen molar-refractivity contribution in [1.82, 2.24) is 0 Å². The molecular formula is C19H22O2. The molecular weight excluding hydrogens is 260 g/mol. The molecule has 0 N–H and O–H groups in total. The summed E-state index contributed by atoms with van der Waals surface area (Å²) in [6.45, 7) is 4.05. The minimum Gasteiger partial charge on any atom is -0.289 e. The van der Waals surface area contributed by atoms with Crippen LogP contribution >= 0.6 is 0 Å². The molecule has 0 bridgehead atoms. The highest BCUT2D eigenvalue weighted by Crippen LogP contribution is 2.39. The fraction of sp³-hybridized carbons (Fsp3) is 0.474. The Balaban J connectivity index is 2.14. The minimum absolute atomic E-state index is 0.0702. The van der Waals surface area contributed by atoms with Gasteiger partial charge in [0.1, 0.15) is 0 Å². The average Bonchev–Trinajstić information content (AvgIpc) is 2.51. The van der Waals surface area contributed by atoms with Crippen LogP contribution < -0.4 is 0 Å². The minimum atomic E-state index is 0.0702. The van der Waals surface area contributed by atoms with E-state index in [-0.39, 0.29) is 23.4 Å². The third kappa shape index (κ3) is 2.37. The lowest BCUT2D eigenvalue weighted by atomic mass is 9.71. The van der Waals surface area contributed by atoms with E-state index in [2.05, 4.69) is 0 Å². The van der Waals surface area contributed by atoms with E-state index in [0.717, 1.165) is 24.0 Å². The summed E-state index contributed by atoms with van der Waals surface area (Å²) in [4.78, 5) is 25.8. The first-order valence-corrected chi connectivity index (χ1v) is 8.03. The van der Waals surface area contributed by atoms with Gasteiger partial charge in [0.25, 0.3) is 0 Å². The monoisotopic (exact) mass is 282 g/mol. The maximum atomic E-state index is 13.0. The van der Waals surface area contributed by atoms with Gasteiger partial charge in [0.2, 0.25) is 0 Å². The van der Waals surface area contributed by atoms with Gasteiger partial charge in [-0.2, -0.15) is 0 Å². The van der Waals surface area contributed by atoms with Gasteiger partial charge >= 0.3 is 0 Å². The van der Waals surface area contributed by atoms with Crippen molar-refractivity contribution in [1.29, 1.82) is 0 Å². The molecule has 2 aliphatic carbocycles. The summed E-state index contributed by atoms with van der Waals surface area (Å²) in [5.74, 6) is 0.550. The average molecular weight is 282 g/mol. The summed E-state index contributed by atoms with van der Waals surface area (Å²) in [6.07, 6.45) is 5.68. The van der Waals surface area contributed by atoms with Crippen molar-refractivity contribution in [3.8, 4) is 0 Å². The number of ketones is 2. The largest absolute Gasteiger partial charge is 0.289 e. The van der Waals surface area contributed by atoms with E-state index in [1.165, 1.54) is 19.3 Å². The summed E-state index contributed by atoms with van der Waals surface area (Å²) in [5.41, 5.74) is 2.79. The zero-order chi connectivity index (χ0) is 15.0. The number of rotatable bonds is 2. The molecule has 21 heavy (non-hydrogen) atoms. The van der Waals surface area contributed by atoms with Gasteiger partial charge in [-0.25, -0.2) is 0 Å². The second kappa shape index (κ2) is 5.59.